The van der Waals surface area contributed by atoms with Crippen LogP contribution in [0.3, 0.4) is 0 Å². The number of hydrogen-bond donors (Lipinski definition) is 1. The average molecular weight is 359 g/mol. The van der Waals surface area contributed by atoms with Gasteiger partial charge in [0.25, 0.3) is 5.91 Å². The lowest BCUT2D eigenvalue weighted by Crippen LogP contribution is -2.40. The molecular formula is C14H18INO2. The van der Waals surface area contributed by atoms with Gasteiger partial charge in [0.2, 0.25) is 0 Å². The number of aryl methyl sites for hydroxylation is 1. The number of hydrogen-bond acceptors (Lipinski definition) is 2. The van der Waals surface area contributed by atoms with Gasteiger partial charge in [0, 0.05) is 16.7 Å². The van der Waals surface area contributed by atoms with Crippen molar-refractivity contribution in [3.8, 4) is 0 Å². The molecule has 1 aromatic carbocycles. The molecule has 1 amide bonds. The Balaban J connectivity index is 2.01. The van der Waals surface area contributed by atoms with Crippen molar-refractivity contribution in [2.45, 2.75) is 32.3 Å². The molecule has 4 heteroatoms. The molecule has 0 bridgehead atoms. The fourth-order valence-corrected chi connectivity index (χ4v) is 2.77. The first-order valence-electron chi connectivity index (χ1n) is 6.19. The molecule has 1 unspecified atom stereocenters. The third kappa shape index (κ3) is 3.03. The summed E-state index contributed by atoms with van der Waals surface area (Å²) < 4.78 is 6.68. The lowest BCUT2D eigenvalue weighted by atomic mass is 10.0. The van der Waals surface area contributed by atoms with E-state index >= 15 is 0 Å². The second-order valence-electron chi connectivity index (χ2n) is 5.02. The van der Waals surface area contributed by atoms with Crippen molar-refractivity contribution in [2.75, 3.05) is 13.2 Å². The van der Waals surface area contributed by atoms with Crippen LogP contribution in [0.4, 0.5) is 0 Å². The van der Waals surface area contributed by atoms with Crippen LogP contribution in [-0.4, -0.2) is 24.7 Å². The molecule has 0 spiro atoms. The third-order valence-electron chi connectivity index (χ3n) is 3.36. The molecule has 1 aliphatic heterocycles. The highest BCUT2D eigenvalue weighted by Gasteiger charge is 2.30. The zero-order valence-electron chi connectivity index (χ0n) is 10.8. The Morgan fingerprint density at radius 2 is 2.33 bits per heavy atom. The van der Waals surface area contributed by atoms with Crippen molar-refractivity contribution in [3.05, 3.63) is 32.9 Å². The summed E-state index contributed by atoms with van der Waals surface area (Å²) in [6, 6.07) is 5.79. The molecule has 18 heavy (non-hydrogen) atoms. The molecule has 0 saturated carbocycles. The Morgan fingerprint density at radius 1 is 1.56 bits per heavy atom. The van der Waals surface area contributed by atoms with Gasteiger partial charge < -0.3 is 10.1 Å². The number of carbonyl (C=O) groups is 1. The second kappa shape index (κ2) is 5.57. The number of rotatable bonds is 3. The summed E-state index contributed by atoms with van der Waals surface area (Å²) in [6.07, 6.45) is 2.09. The van der Waals surface area contributed by atoms with Gasteiger partial charge in [-0.2, -0.15) is 0 Å². The molecular weight excluding hydrogens is 341 g/mol. The van der Waals surface area contributed by atoms with Crippen molar-refractivity contribution < 1.29 is 9.53 Å². The van der Waals surface area contributed by atoms with E-state index < -0.39 is 0 Å². The van der Waals surface area contributed by atoms with E-state index in [1.165, 1.54) is 0 Å². The zero-order valence-corrected chi connectivity index (χ0v) is 12.9. The predicted octanol–water partition coefficient (Wildman–Crippen LogP) is 2.90. The summed E-state index contributed by atoms with van der Waals surface area (Å²) in [5, 5.41) is 2.98. The molecule has 98 valence electrons. The number of benzene rings is 1. The fraction of sp³-hybridized carbons (Fsp3) is 0.500. The highest BCUT2D eigenvalue weighted by Crippen LogP contribution is 2.24. The second-order valence-corrected chi connectivity index (χ2v) is 6.10. The first kappa shape index (κ1) is 13.8. The summed E-state index contributed by atoms with van der Waals surface area (Å²) in [7, 11) is 0. The normalized spacial score (nSPS) is 23.1. The first-order chi connectivity index (χ1) is 8.52. The highest BCUT2D eigenvalue weighted by atomic mass is 127. The van der Waals surface area contributed by atoms with E-state index in [1.54, 1.807) is 0 Å². The van der Waals surface area contributed by atoms with E-state index in [0.29, 0.717) is 6.54 Å². The van der Waals surface area contributed by atoms with Crippen LogP contribution in [0.2, 0.25) is 0 Å². The van der Waals surface area contributed by atoms with Crippen molar-refractivity contribution in [2.24, 2.45) is 0 Å². The highest BCUT2D eigenvalue weighted by molar-refractivity contribution is 14.1. The van der Waals surface area contributed by atoms with Gasteiger partial charge in [-0.15, -0.1) is 0 Å². The number of halogens is 1. The van der Waals surface area contributed by atoms with Crippen LogP contribution in [0.5, 0.6) is 0 Å². The minimum Gasteiger partial charge on any atom is -0.373 e. The molecule has 1 N–H and O–H groups in total. The van der Waals surface area contributed by atoms with Crippen molar-refractivity contribution in [1.29, 1.82) is 0 Å². The van der Waals surface area contributed by atoms with Gasteiger partial charge in [-0.3, -0.25) is 4.79 Å². The van der Waals surface area contributed by atoms with E-state index in [1.807, 2.05) is 25.1 Å². The van der Waals surface area contributed by atoms with E-state index in [4.69, 9.17) is 4.74 Å². The molecule has 1 saturated heterocycles. The van der Waals surface area contributed by atoms with E-state index in [9.17, 15) is 4.79 Å². The molecule has 1 aromatic rings. The van der Waals surface area contributed by atoms with E-state index in [0.717, 1.165) is 34.1 Å². The molecule has 1 atom stereocenters. The van der Waals surface area contributed by atoms with Crippen LogP contribution in [-0.2, 0) is 4.74 Å². The fourth-order valence-electron chi connectivity index (χ4n) is 2.16. The van der Waals surface area contributed by atoms with Crippen molar-refractivity contribution >= 4 is 28.5 Å². The molecule has 0 aliphatic carbocycles. The molecule has 0 aromatic heterocycles. The third-order valence-corrected chi connectivity index (χ3v) is 4.79. The lowest BCUT2D eigenvalue weighted by molar-refractivity contribution is 0.0206. The Hall–Kier alpha value is -0.620. The van der Waals surface area contributed by atoms with Crippen molar-refractivity contribution in [3.63, 3.8) is 0 Å². The standard InChI is InChI=1S/C14H18INO2/c1-10-5-3-6-11(12(10)15)13(17)16-9-14(2)7-4-8-18-14/h3,5-6H,4,7-9H2,1-2H3,(H,16,17). The Kier molecular flexibility index (Phi) is 4.27. The molecule has 0 radical (unpaired) electrons. The lowest BCUT2D eigenvalue weighted by Gasteiger charge is -2.23. The van der Waals surface area contributed by atoms with Crippen LogP contribution in [0.15, 0.2) is 18.2 Å². The van der Waals surface area contributed by atoms with Gasteiger partial charge in [-0.25, -0.2) is 0 Å². The maximum absolute atomic E-state index is 12.1. The summed E-state index contributed by atoms with van der Waals surface area (Å²) in [6.45, 7) is 5.45. The van der Waals surface area contributed by atoms with E-state index in [-0.39, 0.29) is 11.5 Å². The van der Waals surface area contributed by atoms with Gasteiger partial charge in [-0.1, -0.05) is 12.1 Å². The Bertz CT molecular complexity index is 453. The monoisotopic (exact) mass is 359 g/mol. The molecule has 2 rings (SSSR count). The van der Waals surface area contributed by atoms with Crippen LogP contribution in [0.1, 0.15) is 35.7 Å². The number of ether oxygens (including phenoxy) is 1. The van der Waals surface area contributed by atoms with Gasteiger partial charge >= 0.3 is 0 Å². The van der Waals surface area contributed by atoms with Crippen LogP contribution >= 0.6 is 22.6 Å². The Labute approximate surface area is 121 Å². The average Bonchev–Trinajstić information content (AvgIpc) is 2.77. The van der Waals surface area contributed by atoms with Crippen LogP contribution in [0, 0.1) is 10.5 Å². The maximum Gasteiger partial charge on any atom is 0.252 e. The molecule has 1 fully saturated rings. The van der Waals surface area contributed by atoms with E-state index in [2.05, 4.69) is 34.8 Å². The molecule has 1 heterocycles. The molecule has 3 nitrogen and oxygen atoms in total. The molecule has 1 aliphatic rings. The smallest absolute Gasteiger partial charge is 0.252 e. The summed E-state index contributed by atoms with van der Waals surface area (Å²) in [4.78, 5) is 12.1. The number of carbonyl (C=O) groups excluding carboxylic acids is 1. The minimum atomic E-state index is -0.190. The number of nitrogens with one attached hydrogen (secondary N) is 1. The Morgan fingerprint density at radius 3 is 3.00 bits per heavy atom. The number of amides is 1. The van der Waals surface area contributed by atoms with Crippen molar-refractivity contribution in [1.82, 2.24) is 5.32 Å². The summed E-state index contributed by atoms with van der Waals surface area (Å²) in [5.74, 6) is -0.0141. The van der Waals surface area contributed by atoms with Gasteiger partial charge in [-0.05, 0) is 60.9 Å². The quantitative estimate of drug-likeness (QED) is 0.843. The van der Waals surface area contributed by atoms with Crippen LogP contribution < -0.4 is 5.32 Å². The maximum atomic E-state index is 12.1. The summed E-state index contributed by atoms with van der Waals surface area (Å²) in [5.41, 5.74) is 1.69. The largest absolute Gasteiger partial charge is 0.373 e. The predicted molar refractivity (Wildman–Crippen MR) is 79.8 cm³/mol. The SMILES string of the molecule is Cc1cccc(C(=O)NCC2(C)CCCO2)c1I. The first-order valence-corrected chi connectivity index (χ1v) is 7.27. The van der Waals surface area contributed by atoms with Gasteiger partial charge in [0.1, 0.15) is 0 Å². The summed E-state index contributed by atoms with van der Waals surface area (Å²) >= 11 is 2.22. The minimum absolute atomic E-state index is 0.0141. The van der Waals surface area contributed by atoms with Crippen LogP contribution in [0.25, 0.3) is 0 Å². The van der Waals surface area contributed by atoms with Gasteiger partial charge in [0.05, 0.1) is 11.2 Å². The topological polar surface area (TPSA) is 38.3 Å². The van der Waals surface area contributed by atoms with Gasteiger partial charge in [0.15, 0.2) is 0 Å². The zero-order chi connectivity index (χ0) is 13.2.